The van der Waals surface area contributed by atoms with E-state index in [2.05, 4.69) is 14.9 Å². The Balaban J connectivity index is 1.64. The SMILES string of the molecule is NC(=O)c1ccc(CN2CCC[C@@H](c3ccncn3)C2)cc1. The highest BCUT2D eigenvalue weighted by Gasteiger charge is 2.22. The first-order valence-electron chi connectivity index (χ1n) is 7.59. The number of hydrogen-bond donors (Lipinski definition) is 1. The Bertz CT molecular complexity index is 627. The van der Waals surface area contributed by atoms with Gasteiger partial charge in [-0.1, -0.05) is 12.1 Å². The van der Waals surface area contributed by atoms with Crippen molar-refractivity contribution >= 4 is 5.91 Å². The summed E-state index contributed by atoms with van der Waals surface area (Å²) in [6.45, 7) is 2.99. The summed E-state index contributed by atoms with van der Waals surface area (Å²) < 4.78 is 0. The van der Waals surface area contributed by atoms with Gasteiger partial charge in [0.05, 0.1) is 0 Å². The van der Waals surface area contributed by atoms with Crippen LogP contribution in [0, 0.1) is 0 Å². The molecule has 2 N–H and O–H groups in total. The third kappa shape index (κ3) is 3.49. The van der Waals surface area contributed by atoms with Crippen LogP contribution in [-0.4, -0.2) is 33.9 Å². The molecule has 1 aliphatic rings. The second kappa shape index (κ2) is 6.66. The van der Waals surface area contributed by atoms with Gasteiger partial charge in [0.15, 0.2) is 0 Å². The summed E-state index contributed by atoms with van der Waals surface area (Å²) in [5.74, 6) is 0.0926. The molecule has 3 rings (SSSR count). The zero-order valence-electron chi connectivity index (χ0n) is 12.5. The molecule has 5 nitrogen and oxygen atoms in total. The van der Waals surface area contributed by atoms with Crippen molar-refractivity contribution in [3.8, 4) is 0 Å². The molecule has 0 unspecified atom stereocenters. The topological polar surface area (TPSA) is 72.1 Å². The van der Waals surface area contributed by atoms with Crippen molar-refractivity contribution in [1.82, 2.24) is 14.9 Å². The minimum absolute atomic E-state index is 0.381. The molecule has 0 aliphatic carbocycles. The summed E-state index contributed by atoms with van der Waals surface area (Å²) in [5, 5.41) is 0. The highest BCUT2D eigenvalue weighted by Crippen LogP contribution is 2.26. The minimum atomic E-state index is -0.381. The predicted octanol–water partition coefficient (Wildman–Crippen LogP) is 1.96. The molecule has 22 heavy (non-hydrogen) atoms. The molecule has 1 aromatic heterocycles. The zero-order valence-corrected chi connectivity index (χ0v) is 12.5. The van der Waals surface area contributed by atoms with E-state index >= 15 is 0 Å². The van der Waals surface area contributed by atoms with Gasteiger partial charge in [-0.25, -0.2) is 9.97 Å². The molecule has 1 atom stereocenters. The Hall–Kier alpha value is -2.27. The molecule has 1 amide bonds. The maximum atomic E-state index is 11.1. The predicted molar refractivity (Wildman–Crippen MR) is 84.2 cm³/mol. The number of rotatable bonds is 4. The Morgan fingerprint density at radius 2 is 2.09 bits per heavy atom. The maximum absolute atomic E-state index is 11.1. The zero-order chi connectivity index (χ0) is 15.4. The van der Waals surface area contributed by atoms with E-state index < -0.39 is 0 Å². The van der Waals surface area contributed by atoms with Gasteiger partial charge in [-0.3, -0.25) is 9.69 Å². The van der Waals surface area contributed by atoms with Gasteiger partial charge in [0.1, 0.15) is 6.33 Å². The summed E-state index contributed by atoms with van der Waals surface area (Å²) in [7, 11) is 0. The molecule has 5 heteroatoms. The largest absolute Gasteiger partial charge is 0.366 e. The van der Waals surface area contributed by atoms with Crippen LogP contribution in [0.5, 0.6) is 0 Å². The number of carbonyl (C=O) groups is 1. The van der Waals surface area contributed by atoms with E-state index in [4.69, 9.17) is 5.73 Å². The quantitative estimate of drug-likeness (QED) is 0.936. The van der Waals surface area contributed by atoms with Crippen LogP contribution in [0.3, 0.4) is 0 Å². The van der Waals surface area contributed by atoms with Gasteiger partial charge in [-0.2, -0.15) is 0 Å². The average Bonchev–Trinajstić information content (AvgIpc) is 2.56. The number of primary amides is 1. The molecule has 0 saturated carbocycles. The maximum Gasteiger partial charge on any atom is 0.248 e. The molecule has 1 saturated heterocycles. The van der Waals surface area contributed by atoms with E-state index in [1.165, 1.54) is 18.4 Å². The Morgan fingerprint density at radius 3 is 2.77 bits per heavy atom. The van der Waals surface area contributed by atoms with E-state index in [-0.39, 0.29) is 5.91 Å². The molecule has 1 aromatic carbocycles. The van der Waals surface area contributed by atoms with Gasteiger partial charge >= 0.3 is 0 Å². The van der Waals surface area contributed by atoms with Crippen LogP contribution >= 0.6 is 0 Å². The second-order valence-corrected chi connectivity index (χ2v) is 5.77. The highest BCUT2D eigenvalue weighted by atomic mass is 16.1. The van der Waals surface area contributed by atoms with E-state index in [1.807, 2.05) is 24.4 Å². The number of nitrogens with zero attached hydrogens (tertiary/aromatic N) is 3. The first-order chi connectivity index (χ1) is 10.7. The van der Waals surface area contributed by atoms with Crippen molar-refractivity contribution in [2.75, 3.05) is 13.1 Å². The monoisotopic (exact) mass is 296 g/mol. The van der Waals surface area contributed by atoms with Crippen LogP contribution in [0.2, 0.25) is 0 Å². The highest BCUT2D eigenvalue weighted by molar-refractivity contribution is 5.92. The fraction of sp³-hybridized carbons (Fsp3) is 0.353. The minimum Gasteiger partial charge on any atom is -0.366 e. The van der Waals surface area contributed by atoms with Crippen molar-refractivity contribution in [1.29, 1.82) is 0 Å². The summed E-state index contributed by atoms with van der Waals surface area (Å²) in [4.78, 5) is 21.9. The van der Waals surface area contributed by atoms with Gasteiger partial charge in [-0.15, -0.1) is 0 Å². The molecular weight excluding hydrogens is 276 g/mol. The van der Waals surface area contributed by atoms with Gasteiger partial charge in [-0.05, 0) is 43.1 Å². The van der Waals surface area contributed by atoms with Crippen LogP contribution in [0.1, 0.15) is 40.4 Å². The van der Waals surface area contributed by atoms with E-state index in [0.717, 1.165) is 25.3 Å². The number of benzene rings is 1. The van der Waals surface area contributed by atoms with Gasteiger partial charge in [0.2, 0.25) is 5.91 Å². The summed E-state index contributed by atoms with van der Waals surface area (Å²) in [6.07, 6.45) is 5.78. The number of aromatic nitrogens is 2. The van der Waals surface area contributed by atoms with Crippen molar-refractivity contribution < 1.29 is 4.79 Å². The third-order valence-corrected chi connectivity index (χ3v) is 4.17. The molecular formula is C17H20N4O. The fourth-order valence-corrected chi connectivity index (χ4v) is 3.02. The molecule has 2 heterocycles. The lowest BCUT2D eigenvalue weighted by Crippen LogP contribution is -2.34. The first kappa shape index (κ1) is 14.7. The van der Waals surface area contributed by atoms with Crippen molar-refractivity contribution in [2.24, 2.45) is 5.73 Å². The van der Waals surface area contributed by atoms with E-state index in [1.54, 1.807) is 18.5 Å². The lowest BCUT2D eigenvalue weighted by Gasteiger charge is -2.32. The molecule has 114 valence electrons. The number of piperidine rings is 1. The summed E-state index contributed by atoms with van der Waals surface area (Å²) >= 11 is 0. The normalized spacial score (nSPS) is 19.0. The van der Waals surface area contributed by atoms with Gasteiger partial charge in [0.25, 0.3) is 0 Å². The summed E-state index contributed by atoms with van der Waals surface area (Å²) in [6, 6.07) is 9.56. The Labute approximate surface area is 130 Å². The standard InChI is InChI=1S/C17H20N4O/c18-17(22)14-5-3-13(4-6-14)10-21-9-1-2-15(11-21)16-7-8-19-12-20-16/h3-8,12,15H,1-2,9-11H2,(H2,18,22)/t15-/m1/s1. The van der Waals surface area contributed by atoms with Crippen molar-refractivity contribution in [3.05, 3.63) is 59.7 Å². The lowest BCUT2D eigenvalue weighted by atomic mass is 9.94. The number of carbonyl (C=O) groups excluding carboxylic acids is 1. The number of nitrogens with two attached hydrogens (primary N) is 1. The van der Waals surface area contributed by atoms with Gasteiger partial charge < -0.3 is 5.73 Å². The molecule has 0 spiro atoms. The van der Waals surface area contributed by atoms with Gasteiger partial charge in [0, 0.05) is 36.5 Å². The molecule has 1 fully saturated rings. The van der Waals surface area contributed by atoms with Crippen LogP contribution in [0.4, 0.5) is 0 Å². The smallest absolute Gasteiger partial charge is 0.248 e. The Morgan fingerprint density at radius 1 is 1.27 bits per heavy atom. The van der Waals surface area contributed by atoms with Crippen LogP contribution in [-0.2, 0) is 6.54 Å². The van der Waals surface area contributed by atoms with Crippen LogP contribution < -0.4 is 5.73 Å². The second-order valence-electron chi connectivity index (χ2n) is 5.77. The number of likely N-dealkylation sites (tertiary alicyclic amines) is 1. The van der Waals surface area contributed by atoms with E-state index in [0.29, 0.717) is 11.5 Å². The van der Waals surface area contributed by atoms with Crippen molar-refractivity contribution in [2.45, 2.75) is 25.3 Å². The average molecular weight is 296 g/mol. The van der Waals surface area contributed by atoms with Crippen molar-refractivity contribution in [3.63, 3.8) is 0 Å². The summed E-state index contributed by atoms with van der Waals surface area (Å²) in [5.41, 5.74) is 8.16. The number of amides is 1. The van der Waals surface area contributed by atoms with Crippen LogP contribution in [0.25, 0.3) is 0 Å². The number of hydrogen-bond acceptors (Lipinski definition) is 4. The first-order valence-corrected chi connectivity index (χ1v) is 7.59. The lowest BCUT2D eigenvalue weighted by molar-refractivity contribution is 0.100. The third-order valence-electron chi connectivity index (χ3n) is 4.17. The van der Waals surface area contributed by atoms with E-state index in [9.17, 15) is 4.79 Å². The fourth-order valence-electron chi connectivity index (χ4n) is 3.02. The molecule has 0 radical (unpaired) electrons. The molecule has 0 bridgehead atoms. The molecule has 1 aliphatic heterocycles. The Kier molecular flexibility index (Phi) is 4.44. The van der Waals surface area contributed by atoms with Crippen LogP contribution in [0.15, 0.2) is 42.9 Å². The molecule has 2 aromatic rings.